The van der Waals surface area contributed by atoms with Gasteiger partial charge in [-0.15, -0.1) is 0 Å². The molecule has 2 N–H and O–H groups in total. The molecule has 0 unspecified atom stereocenters. The highest BCUT2D eigenvalue weighted by Crippen LogP contribution is 2.26. The van der Waals surface area contributed by atoms with Gasteiger partial charge in [-0.3, -0.25) is 4.79 Å². The third kappa shape index (κ3) is 3.15. The smallest absolute Gasteiger partial charge is 0.354 e. The Morgan fingerprint density at radius 1 is 1.25 bits per heavy atom. The first-order chi connectivity index (χ1) is 9.49. The van der Waals surface area contributed by atoms with E-state index in [0.29, 0.717) is 20.7 Å². The van der Waals surface area contributed by atoms with Gasteiger partial charge in [0.2, 0.25) is 0 Å². The first kappa shape index (κ1) is 14.5. The van der Waals surface area contributed by atoms with Crippen LogP contribution in [0.15, 0.2) is 41.0 Å². The topological polar surface area (TPSA) is 79.3 Å². The van der Waals surface area contributed by atoms with Crippen molar-refractivity contribution >= 4 is 45.1 Å². The minimum atomic E-state index is -1.13. The van der Waals surface area contributed by atoms with E-state index in [1.54, 1.807) is 18.2 Å². The number of anilines is 1. The van der Waals surface area contributed by atoms with Crippen molar-refractivity contribution in [1.82, 2.24) is 4.98 Å². The summed E-state index contributed by atoms with van der Waals surface area (Å²) in [4.78, 5) is 26.4. The lowest BCUT2D eigenvalue weighted by Gasteiger charge is -2.07. The van der Waals surface area contributed by atoms with Gasteiger partial charge in [0.25, 0.3) is 5.91 Å². The lowest BCUT2D eigenvalue weighted by molar-refractivity contribution is 0.0690. The Kier molecular flexibility index (Phi) is 4.36. The van der Waals surface area contributed by atoms with Crippen LogP contribution in [0, 0.1) is 0 Å². The fourth-order valence-corrected chi connectivity index (χ4v) is 2.05. The van der Waals surface area contributed by atoms with Crippen LogP contribution < -0.4 is 5.32 Å². The van der Waals surface area contributed by atoms with Gasteiger partial charge >= 0.3 is 5.97 Å². The van der Waals surface area contributed by atoms with Gasteiger partial charge in [-0.25, -0.2) is 9.78 Å². The van der Waals surface area contributed by atoms with Crippen LogP contribution in [-0.4, -0.2) is 22.0 Å². The quantitative estimate of drug-likeness (QED) is 0.884. The molecule has 1 aromatic carbocycles. The number of amides is 1. The molecule has 5 nitrogen and oxygen atoms in total. The molecule has 0 aliphatic carbocycles. The maximum atomic E-state index is 12.0. The van der Waals surface area contributed by atoms with Crippen molar-refractivity contribution in [2.24, 2.45) is 0 Å². The Balaban J connectivity index is 2.19. The van der Waals surface area contributed by atoms with Crippen molar-refractivity contribution in [3.8, 4) is 0 Å². The van der Waals surface area contributed by atoms with Gasteiger partial charge in [-0.2, -0.15) is 0 Å². The number of carboxylic acid groups (broad SMARTS) is 1. The minimum Gasteiger partial charge on any atom is -0.477 e. The van der Waals surface area contributed by atoms with Crippen molar-refractivity contribution in [3.05, 3.63) is 57.3 Å². The molecule has 0 radical (unpaired) electrons. The number of hydrogen-bond donors (Lipinski definition) is 2. The molecule has 0 saturated heterocycles. The number of nitrogens with zero attached hydrogens (tertiary/aromatic N) is 1. The number of benzene rings is 1. The third-order valence-electron chi connectivity index (χ3n) is 2.44. The van der Waals surface area contributed by atoms with Crippen LogP contribution in [0.5, 0.6) is 0 Å². The van der Waals surface area contributed by atoms with Gasteiger partial charge in [0, 0.05) is 4.47 Å². The summed E-state index contributed by atoms with van der Waals surface area (Å²) in [6, 6.07) is 7.77. The van der Waals surface area contributed by atoms with Crippen molar-refractivity contribution < 1.29 is 14.7 Å². The van der Waals surface area contributed by atoms with E-state index in [4.69, 9.17) is 16.7 Å². The molecule has 0 aliphatic rings. The Morgan fingerprint density at radius 2 is 2.00 bits per heavy atom. The number of aromatic carboxylic acids is 1. The number of halogens is 2. The highest BCUT2D eigenvalue weighted by atomic mass is 79.9. The average molecular weight is 356 g/mol. The molecule has 2 rings (SSSR count). The van der Waals surface area contributed by atoms with Crippen molar-refractivity contribution in [2.45, 2.75) is 0 Å². The van der Waals surface area contributed by atoms with E-state index in [-0.39, 0.29) is 5.69 Å². The van der Waals surface area contributed by atoms with Crippen LogP contribution in [0.1, 0.15) is 20.8 Å². The third-order valence-corrected chi connectivity index (χ3v) is 3.73. The van der Waals surface area contributed by atoms with Crippen LogP contribution >= 0.6 is 27.5 Å². The van der Waals surface area contributed by atoms with E-state index in [0.717, 1.165) is 0 Å². The molecular formula is C13H8BrClN2O3. The Bertz CT molecular complexity index is 674. The number of rotatable bonds is 3. The van der Waals surface area contributed by atoms with Gasteiger partial charge in [0.05, 0.1) is 22.5 Å². The molecule has 0 spiro atoms. The molecule has 102 valence electrons. The normalized spacial score (nSPS) is 10.1. The molecule has 2 aromatic rings. The predicted molar refractivity (Wildman–Crippen MR) is 78.3 cm³/mol. The molecule has 0 fully saturated rings. The summed E-state index contributed by atoms with van der Waals surface area (Å²) in [5.74, 6) is -1.53. The molecule has 0 bridgehead atoms. The second-order valence-corrected chi connectivity index (χ2v) is 5.03. The van der Waals surface area contributed by atoms with Gasteiger partial charge in [-0.05, 0) is 40.2 Å². The highest BCUT2D eigenvalue weighted by molar-refractivity contribution is 9.10. The summed E-state index contributed by atoms with van der Waals surface area (Å²) in [6.45, 7) is 0. The van der Waals surface area contributed by atoms with Crippen LogP contribution in [0.2, 0.25) is 5.02 Å². The van der Waals surface area contributed by atoms with Crippen LogP contribution in [-0.2, 0) is 0 Å². The average Bonchev–Trinajstić information content (AvgIpc) is 2.42. The van der Waals surface area contributed by atoms with Gasteiger partial charge in [-0.1, -0.05) is 17.7 Å². The summed E-state index contributed by atoms with van der Waals surface area (Å²) < 4.78 is 0.617. The van der Waals surface area contributed by atoms with Crippen molar-refractivity contribution in [3.63, 3.8) is 0 Å². The number of nitrogens with one attached hydrogen (secondary N) is 1. The Morgan fingerprint density at radius 3 is 2.60 bits per heavy atom. The number of hydrogen-bond acceptors (Lipinski definition) is 3. The number of carbonyl (C=O) groups is 2. The van der Waals surface area contributed by atoms with Crippen molar-refractivity contribution in [2.75, 3.05) is 5.32 Å². The number of pyridine rings is 1. The van der Waals surface area contributed by atoms with E-state index in [2.05, 4.69) is 26.2 Å². The molecule has 1 amide bonds. The lowest BCUT2D eigenvalue weighted by atomic mass is 10.2. The maximum Gasteiger partial charge on any atom is 0.354 e. The number of aromatic nitrogens is 1. The van der Waals surface area contributed by atoms with Crippen molar-refractivity contribution in [1.29, 1.82) is 0 Å². The van der Waals surface area contributed by atoms with E-state index in [1.807, 2.05) is 0 Å². The maximum absolute atomic E-state index is 12.0. The molecule has 1 aromatic heterocycles. The molecule has 20 heavy (non-hydrogen) atoms. The van der Waals surface area contributed by atoms with Gasteiger partial charge < -0.3 is 10.4 Å². The van der Waals surface area contributed by atoms with Crippen LogP contribution in [0.4, 0.5) is 5.69 Å². The molecule has 7 heteroatoms. The second-order valence-electron chi connectivity index (χ2n) is 3.79. The minimum absolute atomic E-state index is 0.0940. The summed E-state index contributed by atoms with van der Waals surface area (Å²) in [7, 11) is 0. The Hall–Kier alpha value is -1.92. The zero-order chi connectivity index (χ0) is 14.7. The Labute approximate surface area is 127 Å². The molecular weight excluding hydrogens is 348 g/mol. The summed E-state index contributed by atoms with van der Waals surface area (Å²) in [5, 5.41) is 11.6. The first-order valence-electron chi connectivity index (χ1n) is 5.44. The molecule has 0 saturated carbocycles. The van der Waals surface area contributed by atoms with E-state index in [9.17, 15) is 9.59 Å². The van der Waals surface area contributed by atoms with E-state index in [1.165, 1.54) is 18.3 Å². The number of carboxylic acids is 1. The number of carbonyl (C=O) groups excluding carboxylic acids is 1. The fourth-order valence-electron chi connectivity index (χ4n) is 1.47. The zero-order valence-corrected chi connectivity index (χ0v) is 12.3. The van der Waals surface area contributed by atoms with Gasteiger partial charge in [0.15, 0.2) is 0 Å². The van der Waals surface area contributed by atoms with Gasteiger partial charge in [0.1, 0.15) is 5.69 Å². The largest absolute Gasteiger partial charge is 0.477 e. The standard InChI is InChI=1S/C13H8BrClN2O3/c14-9-3-1-2-8(11(9)15)12(18)17-7-4-5-10(13(19)20)16-6-7/h1-6H,(H,17,18)(H,19,20). The summed E-state index contributed by atoms with van der Waals surface area (Å²) in [6.07, 6.45) is 1.27. The monoisotopic (exact) mass is 354 g/mol. The summed E-state index contributed by atoms with van der Waals surface area (Å²) in [5.41, 5.74) is 0.600. The predicted octanol–water partition coefficient (Wildman–Crippen LogP) is 3.45. The van der Waals surface area contributed by atoms with E-state index >= 15 is 0 Å². The highest BCUT2D eigenvalue weighted by Gasteiger charge is 2.13. The molecule has 0 atom stereocenters. The van der Waals surface area contributed by atoms with E-state index < -0.39 is 11.9 Å². The second kappa shape index (κ2) is 6.02. The fraction of sp³-hybridized carbons (Fsp3) is 0. The SMILES string of the molecule is O=C(O)c1ccc(NC(=O)c2cccc(Br)c2Cl)cn1. The summed E-state index contributed by atoms with van der Waals surface area (Å²) >= 11 is 9.26. The lowest BCUT2D eigenvalue weighted by Crippen LogP contribution is -2.13. The first-order valence-corrected chi connectivity index (χ1v) is 6.61. The van der Waals surface area contributed by atoms with Crippen LogP contribution in [0.25, 0.3) is 0 Å². The zero-order valence-electron chi connectivity index (χ0n) is 9.93. The van der Waals surface area contributed by atoms with Crippen LogP contribution in [0.3, 0.4) is 0 Å². The molecule has 1 heterocycles. The molecule has 0 aliphatic heterocycles.